The Hall–Kier alpha value is -2.73. The molecule has 0 unspecified atom stereocenters. The number of likely N-dealkylation sites (N-methyl/N-ethyl adjacent to an activating group) is 1. The average Bonchev–Trinajstić information content (AvgIpc) is 3.26. The number of nitrogens with zero attached hydrogens (tertiary/aromatic N) is 3. The Morgan fingerprint density at radius 3 is 2.62 bits per heavy atom. The van der Waals surface area contributed by atoms with Crippen LogP contribution in [0.25, 0.3) is 0 Å². The quantitative estimate of drug-likeness (QED) is 0.848. The number of amides is 2. The third-order valence-electron chi connectivity index (χ3n) is 6.13. The number of fused-ring (bicyclic) bond motifs is 1. The van der Waals surface area contributed by atoms with Crippen LogP contribution in [0, 0.1) is 18.8 Å². The van der Waals surface area contributed by atoms with Crippen molar-refractivity contribution in [3.63, 3.8) is 0 Å². The number of hydrogen-bond donors (Lipinski definition) is 1. The molecule has 1 aromatic carbocycles. The minimum absolute atomic E-state index is 0.00921. The molecule has 1 N–H and O–H groups in total. The van der Waals surface area contributed by atoms with Crippen molar-refractivity contribution < 1.29 is 9.59 Å². The molecule has 1 aromatic heterocycles. The molecule has 2 aliphatic heterocycles. The van der Waals surface area contributed by atoms with E-state index in [9.17, 15) is 9.59 Å². The van der Waals surface area contributed by atoms with E-state index in [2.05, 4.69) is 34.3 Å². The fourth-order valence-corrected chi connectivity index (χ4v) is 4.88. The highest BCUT2D eigenvalue weighted by molar-refractivity contribution is 5.93. The minimum atomic E-state index is -0.0106. The molecule has 2 fully saturated rings. The number of nitrogens with one attached hydrogen (secondary N) is 1. The van der Waals surface area contributed by atoms with Crippen LogP contribution in [0.2, 0.25) is 0 Å². The summed E-state index contributed by atoms with van der Waals surface area (Å²) in [6, 6.07) is 13.8. The fourth-order valence-electron chi connectivity index (χ4n) is 4.88. The second-order valence-corrected chi connectivity index (χ2v) is 8.05. The molecule has 0 spiro atoms. The normalized spacial score (nSPS) is 23.8. The number of carbonyl (C=O) groups excluding carboxylic acids is 2. The van der Waals surface area contributed by atoms with Gasteiger partial charge in [-0.25, -0.2) is 0 Å². The number of rotatable bonds is 5. The largest absolute Gasteiger partial charge is 0.355 e. The third kappa shape index (κ3) is 3.90. The lowest BCUT2D eigenvalue weighted by atomic mass is 9.87. The van der Waals surface area contributed by atoms with Crippen LogP contribution in [0.4, 0.5) is 0 Å². The SMILES string of the molecule is CCNC(=O)CN1C[C@H]2CN(C(=O)c3ccccn3)[C@H](c3ccccc3C)[C@H]2C1. The summed E-state index contributed by atoms with van der Waals surface area (Å²) in [7, 11) is 0. The molecule has 3 heterocycles. The molecule has 4 rings (SSSR count). The molecule has 0 bridgehead atoms. The van der Waals surface area contributed by atoms with Gasteiger partial charge in [-0.1, -0.05) is 30.3 Å². The van der Waals surface area contributed by atoms with Crippen LogP contribution in [0.15, 0.2) is 48.7 Å². The molecule has 2 aliphatic rings. The van der Waals surface area contributed by atoms with Crippen LogP contribution in [0.3, 0.4) is 0 Å². The number of benzene rings is 1. The number of likely N-dealkylation sites (tertiary alicyclic amines) is 2. The van der Waals surface area contributed by atoms with Crippen molar-refractivity contribution in [3.05, 3.63) is 65.5 Å². The fraction of sp³-hybridized carbons (Fsp3) is 0.435. The summed E-state index contributed by atoms with van der Waals surface area (Å²) in [5.41, 5.74) is 2.88. The second kappa shape index (κ2) is 8.33. The Labute approximate surface area is 171 Å². The van der Waals surface area contributed by atoms with Crippen molar-refractivity contribution in [2.45, 2.75) is 19.9 Å². The number of aromatic nitrogens is 1. The molecular weight excluding hydrogens is 364 g/mol. The Balaban J connectivity index is 1.61. The first-order chi connectivity index (χ1) is 14.1. The first kappa shape index (κ1) is 19.6. The zero-order valence-corrected chi connectivity index (χ0v) is 17.0. The lowest BCUT2D eigenvalue weighted by molar-refractivity contribution is -0.122. The number of hydrogen-bond acceptors (Lipinski definition) is 4. The Bertz CT molecular complexity index is 885. The van der Waals surface area contributed by atoms with Gasteiger partial charge in [0.05, 0.1) is 12.6 Å². The first-order valence-electron chi connectivity index (χ1n) is 10.3. The summed E-state index contributed by atoms with van der Waals surface area (Å²) < 4.78 is 0. The second-order valence-electron chi connectivity index (χ2n) is 8.05. The van der Waals surface area contributed by atoms with Gasteiger partial charge in [0.25, 0.3) is 5.91 Å². The van der Waals surface area contributed by atoms with Crippen molar-refractivity contribution in [2.24, 2.45) is 11.8 Å². The highest BCUT2D eigenvalue weighted by Crippen LogP contribution is 2.46. The van der Waals surface area contributed by atoms with Crippen LogP contribution < -0.4 is 5.32 Å². The molecule has 6 heteroatoms. The van der Waals surface area contributed by atoms with Gasteiger partial charge >= 0.3 is 0 Å². The minimum Gasteiger partial charge on any atom is -0.355 e. The summed E-state index contributed by atoms with van der Waals surface area (Å²) in [5, 5.41) is 2.89. The smallest absolute Gasteiger partial charge is 0.272 e. The van der Waals surface area contributed by atoms with Gasteiger partial charge in [0.2, 0.25) is 5.91 Å². The maximum absolute atomic E-state index is 13.3. The molecular formula is C23H28N4O2. The average molecular weight is 393 g/mol. The van der Waals surface area contributed by atoms with E-state index in [1.165, 1.54) is 11.1 Å². The molecule has 29 heavy (non-hydrogen) atoms. The molecule has 152 valence electrons. The number of aryl methyl sites for hydroxylation is 1. The van der Waals surface area contributed by atoms with Crippen LogP contribution in [-0.4, -0.2) is 59.3 Å². The Morgan fingerprint density at radius 1 is 1.10 bits per heavy atom. The van der Waals surface area contributed by atoms with Crippen molar-refractivity contribution in [1.82, 2.24) is 20.1 Å². The van der Waals surface area contributed by atoms with Gasteiger partial charge in [0.15, 0.2) is 0 Å². The maximum Gasteiger partial charge on any atom is 0.272 e. The van der Waals surface area contributed by atoms with Crippen molar-refractivity contribution in [3.8, 4) is 0 Å². The van der Waals surface area contributed by atoms with E-state index in [1.54, 1.807) is 12.3 Å². The molecule has 6 nitrogen and oxygen atoms in total. The van der Waals surface area contributed by atoms with E-state index >= 15 is 0 Å². The zero-order chi connectivity index (χ0) is 20.4. The van der Waals surface area contributed by atoms with Gasteiger partial charge in [-0.05, 0) is 43.0 Å². The van der Waals surface area contributed by atoms with Crippen LogP contribution >= 0.6 is 0 Å². The Morgan fingerprint density at radius 2 is 1.90 bits per heavy atom. The molecule has 0 radical (unpaired) electrons. The third-order valence-corrected chi connectivity index (χ3v) is 6.13. The summed E-state index contributed by atoms with van der Waals surface area (Å²) in [6.45, 7) is 7.49. The highest BCUT2D eigenvalue weighted by atomic mass is 16.2. The summed E-state index contributed by atoms with van der Waals surface area (Å²) in [4.78, 5) is 33.9. The lowest BCUT2D eigenvalue weighted by Gasteiger charge is -2.30. The van der Waals surface area contributed by atoms with Crippen molar-refractivity contribution in [2.75, 3.05) is 32.7 Å². The van der Waals surface area contributed by atoms with E-state index in [0.29, 0.717) is 37.2 Å². The molecule has 0 saturated carbocycles. The standard InChI is InChI=1S/C23H28N4O2/c1-3-24-21(28)15-26-12-17-13-27(23(29)20-10-6-7-11-25-20)22(19(17)14-26)18-9-5-4-8-16(18)2/h4-11,17,19,22H,3,12-15H2,1-2H3,(H,24,28)/t17-,19-,22+/m0/s1. The molecule has 0 aliphatic carbocycles. The van der Waals surface area contributed by atoms with Crippen molar-refractivity contribution in [1.29, 1.82) is 0 Å². The predicted octanol–water partition coefficient (Wildman–Crippen LogP) is 2.27. The van der Waals surface area contributed by atoms with Gasteiger partial charge in [-0.3, -0.25) is 19.5 Å². The van der Waals surface area contributed by atoms with Crippen LogP contribution in [-0.2, 0) is 4.79 Å². The van der Waals surface area contributed by atoms with Gasteiger partial charge < -0.3 is 10.2 Å². The van der Waals surface area contributed by atoms with Crippen molar-refractivity contribution >= 4 is 11.8 Å². The van der Waals surface area contributed by atoms with E-state index in [0.717, 1.165) is 13.1 Å². The molecule has 2 aromatic rings. The first-order valence-corrected chi connectivity index (χ1v) is 10.3. The predicted molar refractivity (Wildman–Crippen MR) is 111 cm³/mol. The van der Waals surface area contributed by atoms with Crippen LogP contribution in [0.1, 0.15) is 34.6 Å². The summed E-state index contributed by atoms with van der Waals surface area (Å²) >= 11 is 0. The topological polar surface area (TPSA) is 65.5 Å². The van der Waals surface area contributed by atoms with E-state index < -0.39 is 0 Å². The lowest BCUT2D eigenvalue weighted by Crippen LogP contribution is -2.39. The Kier molecular flexibility index (Phi) is 5.62. The maximum atomic E-state index is 13.3. The number of pyridine rings is 1. The number of carbonyl (C=O) groups is 2. The van der Waals surface area contributed by atoms with Gasteiger partial charge in [-0.15, -0.1) is 0 Å². The molecule has 3 atom stereocenters. The molecule has 2 amide bonds. The molecule has 2 saturated heterocycles. The van der Waals surface area contributed by atoms with Crippen LogP contribution in [0.5, 0.6) is 0 Å². The van der Waals surface area contributed by atoms with Gasteiger partial charge in [-0.2, -0.15) is 0 Å². The van der Waals surface area contributed by atoms with E-state index in [-0.39, 0.29) is 17.9 Å². The zero-order valence-electron chi connectivity index (χ0n) is 17.0. The van der Waals surface area contributed by atoms with E-state index in [4.69, 9.17) is 0 Å². The monoisotopic (exact) mass is 392 g/mol. The summed E-state index contributed by atoms with van der Waals surface area (Å²) in [6.07, 6.45) is 1.67. The highest BCUT2D eigenvalue weighted by Gasteiger charge is 2.49. The van der Waals surface area contributed by atoms with E-state index in [1.807, 2.05) is 36.1 Å². The van der Waals surface area contributed by atoms with Gasteiger partial charge in [0.1, 0.15) is 5.69 Å². The summed E-state index contributed by atoms with van der Waals surface area (Å²) in [5.74, 6) is 0.741. The van der Waals surface area contributed by atoms with Gasteiger partial charge in [0, 0.05) is 38.3 Å².